The Morgan fingerprint density at radius 3 is 1.33 bits per heavy atom. The zero-order valence-corrected chi connectivity index (χ0v) is 29.4. The Hall–Kier alpha value is -7.16. The van der Waals surface area contributed by atoms with E-state index in [1.807, 2.05) is 0 Å². The van der Waals surface area contributed by atoms with Gasteiger partial charge in [0.15, 0.2) is 0 Å². The third kappa shape index (κ3) is 4.05. The number of para-hydroxylation sites is 3. The predicted octanol–water partition coefficient (Wildman–Crippen LogP) is 14.1. The molecule has 0 radical (unpaired) electrons. The molecule has 0 amide bonds. The van der Waals surface area contributed by atoms with E-state index in [1.165, 1.54) is 104 Å². The minimum Gasteiger partial charge on any atom is -0.309 e. The van der Waals surface area contributed by atoms with Crippen LogP contribution in [0.5, 0.6) is 0 Å². The Morgan fingerprint density at radius 1 is 0.259 bits per heavy atom. The van der Waals surface area contributed by atoms with Crippen molar-refractivity contribution in [1.29, 1.82) is 0 Å². The molecule has 0 atom stereocenters. The third-order valence-corrected chi connectivity index (χ3v) is 11.7. The van der Waals surface area contributed by atoms with E-state index in [4.69, 9.17) is 0 Å². The summed E-state index contributed by atoms with van der Waals surface area (Å²) in [4.78, 5) is 0. The lowest BCUT2D eigenvalue weighted by Gasteiger charge is -2.17. The maximum Gasteiger partial charge on any atom is 0.0548 e. The van der Waals surface area contributed by atoms with Gasteiger partial charge in [0, 0.05) is 32.9 Å². The molecule has 54 heavy (non-hydrogen) atoms. The standard InChI is InChI=1S/C52H32N2/c1-4-12-33(13-5-1)39-25-20-34-23-28-42-40(26-21-35-22-27-41(39)49(34)50(35)42)36-24-29-44-48(32-36)54(38-16-8-3-9-17-38)47-31-30-46-51(52(44)47)43-18-10-11-19-45(43)53(46)37-14-6-2-7-15-37/h1-32H. The molecule has 0 saturated heterocycles. The van der Waals surface area contributed by atoms with E-state index in [1.54, 1.807) is 0 Å². The van der Waals surface area contributed by atoms with Crippen LogP contribution in [0, 0.1) is 0 Å². The largest absolute Gasteiger partial charge is 0.309 e. The first-order valence-corrected chi connectivity index (χ1v) is 18.7. The number of hydrogen-bond acceptors (Lipinski definition) is 0. The van der Waals surface area contributed by atoms with Gasteiger partial charge < -0.3 is 9.13 Å². The molecule has 2 heterocycles. The molecule has 0 saturated carbocycles. The van der Waals surface area contributed by atoms with Crippen LogP contribution in [-0.4, -0.2) is 9.13 Å². The predicted molar refractivity (Wildman–Crippen MR) is 230 cm³/mol. The van der Waals surface area contributed by atoms with Crippen molar-refractivity contribution in [2.24, 2.45) is 0 Å². The molecule has 0 aliphatic heterocycles. The van der Waals surface area contributed by atoms with E-state index in [0.717, 1.165) is 5.69 Å². The van der Waals surface area contributed by atoms with Crippen molar-refractivity contribution in [2.75, 3.05) is 0 Å². The van der Waals surface area contributed by atoms with Gasteiger partial charge in [0.2, 0.25) is 0 Å². The Morgan fingerprint density at radius 2 is 0.722 bits per heavy atom. The van der Waals surface area contributed by atoms with Crippen molar-refractivity contribution in [2.45, 2.75) is 0 Å². The average molecular weight is 685 g/mol. The number of rotatable bonds is 4. The van der Waals surface area contributed by atoms with E-state index in [0.29, 0.717) is 0 Å². The number of aromatic nitrogens is 2. The van der Waals surface area contributed by atoms with Crippen molar-refractivity contribution in [3.05, 3.63) is 194 Å². The van der Waals surface area contributed by atoms with E-state index < -0.39 is 0 Å². The molecule has 2 heteroatoms. The topological polar surface area (TPSA) is 9.86 Å². The highest BCUT2D eigenvalue weighted by molar-refractivity contribution is 6.30. The first-order valence-electron chi connectivity index (χ1n) is 18.7. The van der Waals surface area contributed by atoms with Crippen LogP contribution in [-0.2, 0) is 0 Å². The van der Waals surface area contributed by atoms with Gasteiger partial charge in [-0.3, -0.25) is 0 Å². The van der Waals surface area contributed by atoms with Gasteiger partial charge in [-0.15, -0.1) is 0 Å². The van der Waals surface area contributed by atoms with Crippen LogP contribution in [0.1, 0.15) is 0 Å². The molecule has 2 aromatic heterocycles. The Labute approximate surface area is 311 Å². The average Bonchev–Trinajstić information content (AvgIpc) is 3.76. The summed E-state index contributed by atoms with van der Waals surface area (Å²) in [5.74, 6) is 0. The van der Waals surface area contributed by atoms with Crippen LogP contribution in [0.3, 0.4) is 0 Å². The van der Waals surface area contributed by atoms with Gasteiger partial charge >= 0.3 is 0 Å². The van der Waals surface area contributed by atoms with Gasteiger partial charge in [-0.2, -0.15) is 0 Å². The molecule has 0 aliphatic carbocycles. The molecule has 12 rings (SSSR count). The van der Waals surface area contributed by atoms with Crippen molar-refractivity contribution < 1.29 is 0 Å². The summed E-state index contributed by atoms with van der Waals surface area (Å²) in [7, 11) is 0. The molecule has 250 valence electrons. The van der Waals surface area contributed by atoms with Crippen LogP contribution in [0.4, 0.5) is 0 Å². The molecule has 0 bridgehead atoms. The van der Waals surface area contributed by atoms with Crippen LogP contribution in [0.2, 0.25) is 0 Å². The van der Waals surface area contributed by atoms with Crippen LogP contribution in [0.15, 0.2) is 194 Å². The molecule has 0 aliphatic rings. The van der Waals surface area contributed by atoms with Crippen LogP contribution < -0.4 is 0 Å². The van der Waals surface area contributed by atoms with E-state index >= 15 is 0 Å². The third-order valence-electron chi connectivity index (χ3n) is 11.7. The summed E-state index contributed by atoms with van der Waals surface area (Å²) < 4.78 is 4.88. The summed E-state index contributed by atoms with van der Waals surface area (Å²) in [5.41, 5.74) is 12.2. The monoisotopic (exact) mass is 684 g/mol. The maximum atomic E-state index is 2.46. The molecule has 10 aromatic carbocycles. The second-order valence-corrected chi connectivity index (χ2v) is 14.5. The Kier molecular flexibility index (Phi) is 6.09. The lowest BCUT2D eigenvalue weighted by Crippen LogP contribution is -1.94. The second kappa shape index (κ2) is 11.2. The fraction of sp³-hybridized carbons (Fsp3) is 0. The molecule has 0 unspecified atom stereocenters. The summed E-state index contributed by atoms with van der Waals surface area (Å²) in [6, 6.07) is 71.4. The zero-order chi connectivity index (χ0) is 35.3. The SMILES string of the molecule is c1ccc(-c2ccc3ccc4c(-c5ccc6c7c8c9ccccc9n(-c9ccccc9)c8ccc7n(-c7ccccc7)c6c5)ccc5ccc2c3c54)cc1. The first kappa shape index (κ1) is 29.4. The summed E-state index contributed by atoms with van der Waals surface area (Å²) in [5, 5.41) is 12.9. The minimum absolute atomic E-state index is 1.16. The first-order chi connectivity index (χ1) is 26.8. The van der Waals surface area contributed by atoms with Crippen molar-refractivity contribution >= 4 is 75.9 Å². The highest BCUT2D eigenvalue weighted by Gasteiger charge is 2.22. The lowest BCUT2D eigenvalue weighted by atomic mass is 9.87. The maximum absolute atomic E-state index is 2.46. The molecule has 0 N–H and O–H groups in total. The van der Waals surface area contributed by atoms with E-state index in [2.05, 4.69) is 203 Å². The molecule has 0 fully saturated rings. The number of fused-ring (bicyclic) bond motifs is 7. The number of nitrogens with zero attached hydrogens (tertiary/aromatic N) is 2. The van der Waals surface area contributed by atoms with Gasteiger partial charge in [0.25, 0.3) is 0 Å². The fourth-order valence-electron chi connectivity index (χ4n) is 9.37. The van der Waals surface area contributed by atoms with Gasteiger partial charge in [0.05, 0.1) is 22.1 Å². The van der Waals surface area contributed by atoms with Crippen molar-refractivity contribution in [1.82, 2.24) is 9.13 Å². The number of hydrogen-bond donors (Lipinski definition) is 0. The molecular formula is C52H32N2. The summed E-state index contributed by atoms with van der Waals surface area (Å²) >= 11 is 0. The molecular weight excluding hydrogens is 653 g/mol. The van der Waals surface area contributed by atoms with Crippen LogP contribution >= 0.6 is 0 Å². The van der Waals surface area contributed by atoms with Gasteiger partial charge in [-0.1, -0.05) is 146 Å². The van der Waals surface area contributed by atoms with Crippen LogP contribution in [0.25, 0.3) is 110 Å². The van der Waals surface area contributed by atoms with Gasteiger partial charge in [-0.25, -0.2) is 0 Å². The molecule has 2 nitrogen and oxygen atoms in total. The minimum atomic E-state index is 1.16. The zero-order valence-electron chi connectivity index (χ0n) is 29.4. The molecule has 12 aromatic rings. The molecule has 0 spiro atoms. The quantitative estimate of drug-likeness (QED) is 0.163. The van der Waals surface area contributed by atoms with Crippen molar-refractivity contribution in [3.8, 4) is 33.6 Å². The highest BCUT2D eigenvalue weighted by atomic mass is 15.0. The normalized spacial score (nSPS) is 12.1. The Bertz CT molecular complexity index is 3410. The van der Waals surface area contributed by atoms with E-state index in [9.17, 15) is 0 Å². The highest BCUT2D eigenvalue weighted by Crippen LogP contribution is 2.46. The smallest absolute Gasteiger partial charge is 0.0548 e. The second-order valence-electron chi connectivity index (χ2n) is 14.5. The van der Waals surface area contributed by atoms with Gasteiger partial charge in [-0.05, 0) is 103 Å². The van der Waals surface area contributed by atoms with E-state index in [-0.39, 0.29) is 0 Å². The fourth-order valence-corrected chi connectivity index (χ4v) is 9.37. The summed E-state index contributed by atoms with van der Waals surface area (Å²) in [6.45, 7) is 0. The summed E-state index contributed by atoms with van der Waals surface area (Å²) in [6.07, 6.45) is 0. The number of benzene rings is 10. The lowest BCUT2D eigenvalue weighted by molar-refractivity contribution is 1.17. The van der Waals surface area contributed by atoms with Gasteiger partial charge in [0.1, 0.15) is 0 Å². The Balaban J connectivity index is 1.16. The van der Waals surface area contributed by atoms with Crippen molar-refractivity contribution in [3.63, 3.8) is 0 Å².